The van der Waals surface area contributed by atoms with Crippen LogP contribution in [0.4, 0.5) is 0 Å². The van der Waals surface area contributed by atoms with Crippen molar-refractivity contribution < 1.29 is 4.74 Å². The maximum Gasteiger partial charge on any atom is 0.109 e. The van der Waals surface area contributed by atoms with Crippen molar-refractivity contribution in [1.82, 2.24) is 10.3 Å². The van der Waals surface area contributed by atoms with Crippen LogP contribution in [0.25, 0.3) is 0 Å². The quantitative estimate of drug-likeness (QED) is 0.895. The van der Waals surface area contributed by atoms with Gasteiger partial charge in [0, 0.05) is 17.6 Å². The first-order valence-electron chi connectivity index (χ1n) is 8.06. The molecular formula is C16H26N2OS. The van der Waals surface area contributed by atoms with Crippen LogP contribution in [0.2, 0.25) is 0 Å². The van der Waals surface area contributed by atoms with E-state index in [1.807, 2.05) is 17.5 Å². The predicted octanol–water partition coefficient (Wildman–Crippen LogP) is 3.85. The van der Waals surface area contributed by atoms with Crippen LogP contribution in [0, 0.1) is 0 Å². The molecule has 0 bridgehead atoms. The lowest BCUT2D eigenvalue weighted by atomic mass is 9.98. The van der Waals surface area contributed by atoms with Gasteiger partial charge < -0.3 is 10.1 Å². The fourth-order valence-electron chi connectivity index (χ4n) is 3.51. The summed E-state index contributed by atoms with van der Waals surface area (Å²) >= 11 is 1.83. The first-order chi connectivity index (χ1) is 9.71. The van der Waals surface area contributed by atoms with Gasteiger partial charge in [-0.3, -0.25) is 0 Å². The highest BCUT2D eigenvalue weighted by Crippen LogP contribution is 2.43. The Kier molecular flexibility index (Phi) is 4.43. The molecular weight excluding hydrogens is 268 g/mol. The number of hydrogen-bond acceptors (Lipinski definition) is 4. The van der Waals surface area contributed by atoms with E-state index >= 15 is 0 Å². The van der Waals surface area contributed by atoms with Crippen molar-refractivity contribution in [2.24, 2.45) is 0 Å². The first kappa shape index (κ1) is 14.5. The lowest BCUT2D eigenvalue weighted by Crippen LogP contribution is -2.32. The molecule has 2 fully saturated rings. The van der Waals surface area contributed by atoms with Gasteiger partial charge in [-0.1, -0.05) is 19.8 Å². The normalized spacial score (nSPS) is 26.4. The van der Waals surface area contributed by atoms with Crippen LogP contribution in [-0.2, 0) is 11.2 Å². The summed E-state index contributed by atoms with van der Waals surface area (Å²) in [5.74, 6) is 0. The number of aryl methyl sites for hydroxylation is 1. The molecule has 1 aromatic rings. The molecule has 1 N–H and O–H groups in total. The van der Waals surface area contributed by atoms with E-state index in [9.17, 15) is 0 Å². The molecule has 0 radical (unpaired) electrons. The molecule has 1 aliphatic carbocycles. The molecule has 1 saturated carbocycles. The predicted molar refractivity (Wildman–Crippen MR) is 83.2 cm³/mol. The third kappa shape index (κ3) is 3.07. The van der Waals surface area contributed by atoms with Gasteiger partial charge in [-0.05, 0) is 39.0 Å². The number of rotatable bonds is 5. The number of aromatic nitrogens is 1. The Hall–Kier alpha value is -0.450. The Bertz CT molecular complexity index is 439. The van der Waals surface area contributed by atoms with Crippen LogP contribution in [-0.4, -0.2) is 23.2 Å². The summed E-state index contributed by atoms with van der Waals surface area (Å²) in [6.45, 7) is 5.35. The molecule has 3 nitrogen and oxygen atoms in total. The highest BCUT2D eigenvalue weighted by Gasteiger charge is 2.41. The molecule has 3 rings (SSSR count). The van der Waals surface area contributed by atoms with E-state index in [0.29, 0.717) is 12.1 Å². The molecule has 1 aliphatic heterocycles. The number of nitrogens with one attached hydrogen (secondary N) is 1. The molecule has 0 aromatic carbocycles. The minimum Gasteiger partial charge on any atom is -0.370 e. The summed E-state index contributed by atoms with van der Waals surface area (Å²) in [5, 5.41) is 4.81. The van der Waals surface area contributed by atoms with Crippen molar-refractivity contribution >= 4 is 11.3 Å². The van der Waals surface area contributed by atoms with Gasteiger partial charge in [0.05, 0.1) is 17.7 Å². The van der Waals surface area contributed by atoms with Gasteiger partial charge in [0.25, 0.3) is 0 Å². The van der Waals surface area contributed by atoms with Crippen molar-refractivity contribution in [2.75, 3.05) is 6.54 Å². The fourth-order valence-corrected chi connectivity index (χ4v) is 4.39. The van der Waals surface area contributed by atoms with Crippen LogP contribution in [0.15, 0.2) is 6.20 Å². The molecule has 2 unspecified atom stereocenters. The summed E-state index contributed by atoms with van der Waals surface area (Å²) in [6.07, 6.45) is 11.3. The van der Waals surface area contributed by atoms with Crippen molar-refractivity contribution in [2.45, 2.75) is 76.5 Å². The van der Waals surface area contributed by atoms with E-state index in [-0.39, 0.29) is 5.60 Å². The van der Waals surface area contributed by atoms with Gasteiger partial charge in [-0.15, -0.1) is 11.3 Å². The molecule has 20 heavy (non-hydrogen) atoms. The Morgan fingerprint density at radius 2 is 2.25 bits per heavy atom. The second-order valence-corrected chi connectivity index (χ2v) is 7.46. The summed E-state index contributed by atoms with van der Waals surface area (Å²) in [5.41, 5.74) is 0.256. The van der Waals surface area contributed by atoms with Crippen molar-refractivity contribution in [3.8, 4) is 0 Å². The molecule has 2 atom stereocenters. The van der Waals surface area contributed by atoms with Crippen molar-refractivity contribution in [3.05, 3.63) is 16.1 Å². The van der Waals surface area contributed by atoms with Gasteiger partial charge in [-0.2, -0.15) is 0 Å². The number of nitrogens with zero attached hydrogens (tertiary/aromatic N) is 1. The fraction of sp³-hybridized carbons (Fsp3) is 0.812. The van der Waals surface area contributed by atoms with Gasteiger partial charge in [0.15, 0.2) is 0 Å². The van der Waals surface area contributed by atoms with Crippen LogP contribution < -0.4 is 5.32 Å². The van der Waals surface area contributed by atoms with Crippen LogP contribution in [0.1, 0.15) is 68.3 Å². The van der Waals surface area contributed by atoms with Crippen molar-refractivity contribution in [1.29, 1.82) is 0 Å². The SMILES string of the molecule is CCc1cnc(C(C)NCC2CCC3(CCCC3)O2)s1. The molecule has 1 spiro atoms. The van der Waals surface area contributed by atoms with Gasteiger partial charge in [0.2, 0.25) is 0 Å². The minimum atomic E-state index is 0.256. The summed E-state index contributed by atoms with van der Waals surface area (Å²) in [4.78, 5) is 5.89. The maximum atomic E-state index is 6.34. The molecule has 2 heterocycles. The zero-order chi connectivity index (χ0) is 14.0. The van der Waals surface area contributed by atoms with Crippen molar-refractivity contribution in [3.63, 3.8) is 0 Å². The summed E-state index contributed by atoms with van der Waals surface area (Å²) in [7, 11) is 0. The van der Waals surface area contributed by atoms with E-state index in [0.717, 1.165) is 13.0 Å². The molecule has 1 aromatic heterocycles. The van der Waals surface area contributed by atoms with E-state index in [2.05, 4.69) is 24.1 Å². The average molecular weight is 294 g/mol. The molecule has 112 valence electrons. The lowest BCUT2D eigenvalue weighted by molar-refractivity contribution is -0.0357. The topological polar surface area (TPSA) is 34.2 Å². The standard InChI is InChI=1S/C16H26N2OS/c1-3-14-11-18-15(20-14)12(2)17-10-13-6-9-16(19-13)7-4-5-8-16/h11-13,17H,3-10H2,1-2H3. The zero-order valence-electron chi connectivity index (χ0n) is 12.7. The summed E-state index contributed by atoms with van der Waals surface area (Å²) in [6, 6.07) is 0.337. The van der Waals surface area contributed by atoms with Crippen LogP contribution in [0.5, 0.6) is 0 Å². The number of ether oxygens (including phenoxy) is 1. The number of thiazole rings is 1. The highest BCUT2D eigenvalue weighted by molar-refractivity contribution is 7.11. The number of hydrogen-bond donors (Lipinski definition) is 1. The zero-order valence-corrected chi connectivity index (χ0v) is 13.5. The second kappa shape index (κ2) is 6.12. The Morgan fingerprint density at radius 1 is 1.45 bits per heavy atom. The third-order valence-electron chi connectivity index (χ3n) is 4.80. The third-order valence-corrected chi connectivity index (χ3v) is 6.12. The lowest BCUT2D eigenvalue weighted by Gasteiger charge is -2.24. The maximum absolute atomic E-state index is 6.34. The minimum absolute atomic E-state index is 0.256. The monoisotopic (exact) mass is 294 g/mol. The Labute approximate surface area is 126 Å². The largest absolute Gasteiger partial charge is 0.370 e. The molecule has 4 heteroatoms. The van der Waals surface area contributed by atoms with E-state index in [4.69, 9.17) is 4.74 Å². The smallest absolute Gasteiger partial charge is 0.109 e. The van der Waals surface area contributed by atoms with E-state index in [1.54, 1.807) is 0 Å². The van der Waals surface area contributed by atoms with E-state index < -0.39 is 0 Å². The van der Waals surface area contributed by atoms with Crippen LogP contribution >= 0.6 is 11.3 Å². The first-order valence-corrected chi connectivity index (χ1v) is 8.88. The Balaban J connectivity index is 1.47. The Morgan fingerprint density at radius 3 is 2.95 bits per heavy atom. The molecule has 0 amide bonds. The second-order valence-electron chi connectivity index (χ2n) is 6.32. The van der Waals surface area contributed by atoms with E-state index in [1.165, 1.54) is 48.4 Å². The molecule has 1 saturated heterocycles. The average Bonchev–Trinajstić information content (AvgIpc) is 3.18. The van der Waals surface area contributed by atoms with Gasteiger partial charge >= 0.3 is 0 Å². The van der Waals surface area contributed by atoms with Gasteiger partial charge in [-0.25, -0.2) is 4.98 Å². The highest BCUT2D eigenvalue weighted by atomic mass is 32.1. The summed E-state index contributed by atoms with van der Waals surface area (Å²) < 4.78 is 6.34. The van der Waals surface area contributed by atoms with Gasteiger partial charge in [0.1, 0.15) is 5.01 Å². The molecule has 2 aliphatic rings. The van der Waals surface area contributed by atoms with Crippen LogP contribution in [0.3, 0.4) is 0 Å².